The standard InChI is InChI=1S/C21H30O7/c1-10(2)14-8-21(4)11(3)5-13(23)6-12(21)7-15(14)27-20-19(26)18(25)17(24)16(9-22)28-20/h6-7,11,14,16-20,22,24-26H,1,5,8-9H2,2-4H3/t11-,14-,16+,17+,18-,19+,20+,21+/m0/s1. The summed E-state index contributed by atoms with van der Waals surface area (Å²) < 4.78 is 11.4. The van der Waals surface area contributed by atoms with Crippen LogP contribution in [0.1, 0.15) is 33.6 Å². The summed E-state index contributed by atoms with van der Waals surface area (Å²) in [7, 11) is 0. The largest absolute Gasteiger partial charge is 0.466 e. The van der Waals surface area contributed by atoms with E-state index in [9.17, 15) is 25.2 Å². The molecule has 8 atom stereocenters. The molecule has 0 unspecified atom stereocenters. The van der Waals surface area contributed by atoms with E-state index in [4.69, 9.17) is 9.47 Å². The molecule has 0 amide bonds. The van der Waals surface area contributed by atoms with Gasteiger partial charge in [0.15, 0.2) is 5.78 Å². The highest BCUT2D eigenvalue weighted by Gasteiger charge is 2.48. The molecular weight excluding hydrogens is 364 g/mol. The van der Waals surface area contributed by atoms with Crippen LogP contribution >= 0.6 is 0 Å². The molecule has 0 aromatic rings. The Morgan fingerprint density at radius 1 is 1.29 bits per heavy atom. The average Bonchev–Trinajstić information content (AvgIpc) is 2.63. The molecule has 0 aromatic heterocycles. The lowest BCUT2D eigenvalue weighted by molar-refractivity contribution is -0.293. The lowest BCUT2D eigenvalue weighted by Crippen LogP contribution is -2.59. The number of aliphatic hydroxyl groups excluding tert-OH is 4. The Morgan fingerprint density at radius 2 is 1.96 bits per heavy atom. The SMILES string of the molecule is C=C(C)[C@@H]1C[C@@]2(C)C(=CC(=O)C[C@@H]2C)C=C1O[C@@H]1O[C@H](CO)[C@@H](O)[C@H](O)[C@H]1O. The fourth-order valence-electron chi connectivity index (χ4n) is 4.34. The number of ether oxygens (including phenoxy) is 2. The first-order valence-corrected chi connectivity index (χ1v) is 9.67. The number of carbonyl (C=O) groups excluding carboxylic acids is 1. The van der Waals surface area contributed by atoms with E-state index < -0.39 is 37.3 Å². The predicted octanol–water partition coefficient (Wildman–Crippen LogP) is 0.824. The lowest BCUT2D eigenvalue weighted by atomic mass is 9.59. The summed E-state index contributed by atoms with van der Waals surface area (Å²) >= 11 is 0. The Morgan fingerprint density at radius 3 is 2.57 bits per heavy atom. The van der Waals surface area contributed by atoms with Gasteiger partial charge in [0.2, 0.25) is 6.29 Å². The Hall–Kier alpha value is -1.51. The van der Waals surface area contributed by atoms with Crippen LogP contribution in [0.15, 0.2) is 35.6 Å². The van der Waals surface area contributed by atoms with E-state index in [0.29, 0.717) is 18.6 Å². The van der Waals surface area contributed by atoms with Gasteiger partial charge in [0.1, 0.15) is 30.2 Å². The van der Waals surface area contributed by atoms with Crippen molar-refractivity contribution in [3.05, 3.63) is 35.6 Å². The highest BCUT2D eigenvalue weighted by molar-refractivity contribution is 5.92. The molecule has 0 spiro atoms. The number of rotatable bonds is 4. The minimum atomic E-state index is -1.51. The normalized spacial score (nSPS) is 43.7. The molecule has 1 aliphatic heterocycles. The predicted molar refractivity (Wildman–Crippen MR) is 101 cm³/mol. The topological polar surface area (TPSA) is 116 Å². The quantitative estimate of drug-likeness (QED) is 0.522. The van der Waals surface area contributed by atoms with Crippen LogP contribution in [0.25, 0.3) is 0 Å². The van der Waals surface area contributed by atoms with Crippen LogP contribution in [-0.2, 0) is 14.3 Å². The molecule has 3 rings (SSSR count). The maximum Gasteiger partial charge on any atom is 0.228 e. The van der Waals surface area contributed by atoms with Crippen molar-refractivity contribution in [2.45, 2.75) is 64.3 Å². The number of allylic oxidation sites excluding steroid dienone is 4. The van der Waals surface area contributed by atoms with Crippen molar-refractivity contribution in [2.75, 3.05) is 6.61 Å². The third kappa shape index (κ3) is 3.57. The molecule has 0 radical (unpaired) electrons. The van der Waals surface area contributed by atoms with Crippen LogP contribution < -0.4 is 0 Å². The molecule has 7 nitrogen and oxygen atoms in total. The zero-order chi connectivity index (χ0) is 20.8. The minimum Gasteiger partial charge on any atom is -0.466 e. The van der Waals surface area contributed by atoms with E-state index in [1.807, 2.05) is 6.92 Å². The maximum atomic E-state index is 12.1. The summed E-state index contributed by atoms with van der Waals surface area (Å²) in [6.45, 7) is 9.64. The molecule has 7 heteroatoms. The first kappa shape index (κ1) is 21.2. The average molecular weight is 394 g/mol. The van der Waals surface area contributed by atoms with E-state index in [1.165, 1.54) is 0 Å². The van der Waals surface area contributed by atoms with Crippen LogP contribution in [-0.4, -0.2) is 63.5 Å². The summed E-state index contributed by atoms with van der Waals surface area (Å²) in [6.07, 6.45) is -2.10. The molecular formula is C21H30O7. The number of ketones is 1. The second-order valence-electron chi connectivity index (χ2n) is 8.55. The van der Waals surface area contributed by atoms with Gasteiger partial charge in [-0.05, 0) is 42.4 Å². The zero-order valence-corrected chi connectivity index (χ0v) is 16.5. The molecule has 156 valence electrons. The number of fused-ring (bicyclic) bond motifs is 1. The van der Waals surface area contributed by atoms with Gasteiger partial charge in [-0.2, -0.15) is 0 Å². The molecule has 1 fully saturated rings. The Balaban J connectivity index is 1.93. The van der Waals surface area contributed by atoms with Gasteiger partial charge in [0, 0.05) is 12.3 Å². The Labute approximate surface area is 165 Å². The Kier molecular flexibility index (Phi) is 5.85. The van der Waals surface area contributed by atoms with Gasteiger partial charge in [-0.15, -0.1) is 0 Å². The third-order valence-corrected chi connectivity index (χ3v) is 6.54. The zero-order valence-electron chi connectivity index (χ0n) is 16.5. The van der Waals surface area contributed by atoms with Crippen molar-refractivity contribution < 1.29 is 34.7 Å². The number of aliphatic hydroxyl groups is 4. The summed E-state index contributed by atoms with van der Waals surface area (Å²) in [4.78, 5) is 12.1. The first-order chi connectivity index (χ1) is 13.1. The minimum absolute atomic E-state index is 0.0668. The smallest absolute Gasteiger partial charge is 0.228 e. The van der Waals surface area contributed by atoms with Gasteiger partial charge in [0.05, 0.1) is 6.61 Å². The van der Waals surface area contributed by atoms with Crippen molar-refractivity contribution in [3.8, 4) is 0 Å². The van der Waals surface area contributed by atoms with Crippen LogP contribution in [0, 0.1) is 17.3 Å². The van der Waals surface area contributed by atoms with Gasteiger partial charge >= 0.3 is 0 Å². The van der Waals surface area contributed by atoms with E-state index in [0.717, 1.165) is 11.1 Å². The molecule has 28 heavy (non-hydrogen) atoms. The maximum absolute atomic E-state index is 12.1. The Bertz CT molecular complexity index is 710. The van der Waals surface area contributed by atoms with Crippen molar-refractivity contribution in [3.63, 3.8) is 0 Å². The summed E-state index contributed by atoms with van der Waals surface area (Å²) in [5.41, 5.74) is 1.55. The summed E-state index contributed by atoms with van der Waals surface area (Å²) in [5.74, 6) is 0.580. The number of carbonyl (C=O) groups is 1. The van der Waals surface area contributed by atoms with Crippen molar-refractivity contribution >= 4 is 5.78 Å². The first-order valence-electron chi connectivity index (χ1n) is 9.67. The molecule has 0 saturated carbocycles. The number of hydrogen-bond acceptors (Lipinski definition) is 7. The second kappa shape index (κ2) is 7.72. The molecule has 1 saturated heterocycles. The van der Waals surface area contributed by atoms with Gasteiger partial charge < -0.3 is 29.9 Å². The lowest BCUT2D eigenvalue weighted by Gasteiger charge is -2.47. The second-order valence-corrected chi connectivity index (χ2v) is 8.55. The summed E-state index contributed by atoms with van der Waals surface area (Å²) in [6, 6.07) is 0. The van der Waals surface area contributed by atoms with Gasteiger partial charge in [0.25, 0.3) is 0 Å². The van der Waals surface area contributed by atoms with Crippen molar-refractivity contribution in [1.29, 1.82) is 0 Å². The van der Waals surface area contributed by atoms with Crippen LogP contribution in [0.5, 0.6) is 0 Å². The van der Waals surface area contributed by atoms with Crippen LogP contribution in [0.2, 0.25) is 0 Å². The van der Waals surface area contributed by atoms with E-state index in [1.54, 1.807) is 12.2 Å². The van der Waals surface area contributed by atoms with Gasteiger partial charge in [-0.25, -0.2) is 0 Å². The third-order valence-electron chi connectivity index (χ3n) is 6.54. The van der Waals surface area contributed by atoms with Crippen molar-refractivity contribution in [1.82, 2.24) is 0 Å². The van der Waals surface area contributed by atoms with Gasteiger partial charge in [-0.3, -0.25) is 4.79 Å². The van der Waals surface area contributed by atoms with E-state index >= 15 is 0 Å². The van der Waals surface area contributed by atoms with Gasteiger partial charge in [-0.1, -0.05) is 26.0 Å². The molecule has 2 aliphatic carbocycles. The molecule has 0 aromatic carbocycles. The monoisotopic (exact) mass is 394 g/mol. The molecule has 0 bridgehead atoms. The van der Waals surface area contributed by atoms with Crippen molar-refractivity contribution in [2.24, 2.45) is 17.3 Å². The fourth-order valence-corrected chi connectivity index (χ4v) is 4.34. The fraction of sp³-hybridized carbons (Fsp3) is 0.667. The number of hydrogen-bond donors (Lipinski definition) is 4. The highest BCUT2D eigenvalue weighted by Crippen LogP contribution is 2.52. The van der Waals surface area contributed by atoms with E-state index in [-0.39, 0.29) is 23.0 Å². The molecule has 3 aliphatic rings. The van der Waals surface area contributed by atoms with Crippen LogP contribution in [0.3, 0.4) is 0 Å². The highest BCUT2D eigenvalue weighted by atomic mass is 16.7. The van der Waals surface area contributed by atoms with E-state index in [2.05, 4.69) is 20.4 Å². The van der Waals surface area contributed by atoms with Crippen LogP contribution in [0.4, 0.5) is 0 Å². The molecule has 1 heterocycles. The summed E-state index contributed by atoms with van der Waals surface area (Å²) in [5, 5.41) is 39.6. The molecule has 4 N–H and O–H groups in total.